The molecular weight excluding hydrogens is 454 g/mol. The molecule has 0 spiro atoms. The number of esters is 2. The molecule has 0 fully saturated rings. The molecule has 0 heterocycles. The van der Waals surface area contributed by atoms with E-state index in [9.17, 15) is 18.0 Å². The molecule has 0 bridgehead atoms. The van der Waals surface area contributed by atoms with Gasteiger partial charge in [0.05, 0.1) is 37.4 Å². The molecule has 2 rings (SSSR count). The van der Waals surface area contributed by atoms with Crippen LogP contribution in [0.4, 0.5) is 0 Å². The molecule has 1 N–H and O–H groups in total. The third-order valence-electron chi connectivity index (χ3n) is 3.75. The zero-order valence-corrected chi connectivity index (χ0v) is 17.7. The predicted molar refractivity (Wildman–Crippen MR) is 104 cm³/mol. The number of nitrogens with one attached hydrogen (secondary N) is 1. The Labute approximate surface area is 171 Å². The van der Waals surface area contributed by atoms with Gasteiger partial charge in [0.1, 0.15) is 5.75 Å². The van der Waals surface area contributed by atoms with Crippen LogP contribution in [0.5, 0.6) is 5.75 Å². The zero-order chi connectivity index (χ0) is 20.9. The molecule has 8 nitrogen and oxygen atoms in total. The first-order chi connectivity index (χ1) is 13.2. The smallest absolute Gasteiger partial charge is 0.337 e. The van der Waals surface area contributed by atoms with Crippen LogP contribution in [0.1, 0.15) is 26.3 Å². The topological polar surface area (TPSA) is 108 Å². The molecular formula is C18H18BrNO7S. The standard InChI is InChI=1S/C18H18BrNO7S/c1-25-16-5-4-14(19)7-13(16)10-20-28(23,24)15-8-11(17(21)26-2)6-12(9-15)18(22)27-3/h4-9,20H,10H2,1-3H3. The fourth-order valence-electron chi connectivity index (χ4n) is 2.37. The summed E-state index contributed by atoms with van der Waals surface area (Å²) in [6, 6.07) is 8.62. The van der Waals surface area contributed by atoms with Crippen molar-refractivity contribution in [1.82, 2.24) is 4.72 Å². The molecule has 0 amide bonds. The van der Waals surface area contributed by atoms with Crippen LogP contribution in [-0.2, 0) is 26.0 Å². The van der Waals surface area contributed by atoms with E-state index >= 15 is 0 Å². The number of hydrogen-bond donors (Lipinski definition) is 1. The summed E-state index contributed by atoms with van der Waals surface area (Å²) >= 11 is 3.32. The predicted octanol–water partition coefficient (Wildman–Crippen LogP) is 2.51. The van der Waals surface area contributed by atoms with Gasteiger partial charge in [0.15, 0.2) is 0 Å². The first kappa shape index (κ1) is 21.9. The number of methoxy groups -OCH3 is 3. The molecule has 2 aromatic carbocycles. The van der Waals surface area contributed by atoms with Gasteiger partial charge in [-0.2, -0.15) is 0 Å². The van der Waals surface area contributed by atoms with Gasteiger partial charge in [-0.05, 0) is 36.4 Å². The SMILES string of the molecule is COC(=O)c1cc(C(=O)OC)cc(S(=O)(=O)NCc2cc(Br)ccc2OC)c1. The molecule has 0 aliphatic carbocycles. The largest absolute Gasteiger partial charge is 0.496 e. The summed E-state index contributed by atoms with van der Waals surface area (Å²) in [5.74, 6) is -1.06. The van der Waals surface area contributed by atoms with Crippen LogP contribution in [0.15, 0.2) is 45.8 Å². The molecule has 0 aliphatic rings. The highest BCUT2D eigenvalue weighted by Gasteiger charge is 2.21. The van der Waals surface area contributed by atoms with Crippen molar-refractivity contribution < 1.29 is 32.2 Å². The van der Waals surface area contributed by atoms with E-state index < -0.39 is 22.0 Å². The van der Waals surface area contributed by atoms with E-state index in [2.05, 4.69) is 30.1 Å². The second kappa shape index (κ2) is 9.18. The quantitative estimate of drug-likeness (QED) is 0.617. The van der Waals surface area contributed by atoms with Gasteiger partial charge in [-0.25, -0.2) is 22.7 Å². The summed E-state index contributed by atoms with van der Waals surface area (Å²) < 4.78 is 43.1. The van der Waals surface area contributed by atoms with Gasteiger partial charge in [-0.15, -0.1) is 0 Å². The van der Waals surface area contributed by atoms with E-state index in [-0.39, 0.29) is 22.6 Å². The number of rotatable bonds is 7. The van der Waals surface area contributed by atoms with Gasteiger partial charge in [0.2, 0.25) is 10.0 Å². The van der Waals surface area contributed by atoms with Gasteiger partial charge in [-0.1, -0.05) is 15.9 Å². The van der Waals surface area contributed by atoms with Gasteiger partial charge in [-0.3, -0.25) is 0 Å². The highest BCUT2D eigenvalue weighted by atomic mass is 79.9. The molecule has 0 saturated heterocycles. The van der Waals surface area contributed by atoms with Crippen molar-refractivity contribution >= 4 is 37.9 Å². The van der Waals surface area contributed by atoms with Gasteiger partial charge < -0.3 is 14.2 Å². The summed E-state index contributed by atoms with van der Waals surface area (Å²) in [6.07, 6.45) is 0. The van der Waals surface area contributed by atoms with Crippen molar-refractivity contribution in [3.05, 3.63) is 57.6 Å². The van der Waals surface area contributed by atoms with Crippen LogP contribution in [0.25, 0.3) is 0 Å². The molecule has 0 unspecified atom stereocenters. The van der Waals surface area contributed by atoms with Gasteiger partial charge >= 0.3 is 11.9 Å². The highest BCUT2D eigenvalue weighted by molar-refractivity contribution is 9.10. The van der Waals surface area contributed by atoms with E-state index in [0.29, 0.717) is 11.3 Å². The van der Waals surface area contributed by atoms with Crippen LogP contribution < -0.4 is 9.46 Å². The number of benzene rings is 2. The third-order valence-corrected chi connectivity index (χ3v) is 5.63. The summed E-state index contributed by atoms with van der Waals surface area (Å²) in [5.41, 5.74) is 0.411. The number of ether oxygens (including phenoxy) is 3. The minimum absolute atomic E-state index is 0.0685. The Kier molecular flexibility index (Phi) is 7.17. The Morgan fingerprint density at radius 1 is 0.964 bits per heavy atom. The Morgan fingerprint density at radius 2 is 1.54 bits per heavy atom. The molecule has 0 saturated carbocycles. The van der Waals surface area contributed by atoms with Gasteiger partial charge in [0, 0.05) is 16.6 Å². The molecule has 0 radical (unpaired) electrons. The monoisotopic (exact) mass is 471 g/mol. The maximum Gasteiger partial charge on any atom is 0.337 e. The van der Waals surface area contributed by atoms with Crippen molar-refractivity contribution in [2.45, 2.75) is 11.4 Å². The number of carbonyl (C=O) groups excluding carboxylic acids is 2. The third kappa shape index (κ3) is 5.09. The maximum absolute atomic E-state index is 12.7. The zero-order valence-electron chi connectivity index (χ0n) is 15.3. The van der Waals surface area contributed by atoms with E-state index in [0.717, 1.165) is 30.8 Å². The van der Waals surface area contributed by atoms with Crippen molar-refractivity contribution in [3.63, 3.8) is 0 Å². The molecule has 0 aliphatic heterocycles. The summed E-state index contributed by atoms with van der Waals surface area (Å²) in [5, 5.41) is 0. The van der Waals surface area contributed by atoms with E-state index in [1.807, 2.05) is 0 Å². The number of sulfonamides is 1. The van der Waals surface area contributed by atoms with Crippen LogP contribution in [-0.4, -0.2) is 41.7 Å². The summed E-state index contributed by atoms with van der Waals surface area (Å²) in [7, 11) is -0.282. The van der Waals surface area contributed by atoms with E-state index in [1.54, 1.807) is 18.2 Å². The Hall–Kier alpha value is -2.43. The highest BCUT2D eigenvalue weighted by Crippen LogP contribution is 2.24. The summed E-state index contributed by atoms with van der Waals surface area (Å²) in [4.78, 5) is 23.4. The number of carbonyl (C=O) groups is 2. The second-order valence-electron chi connectivity index (χ2n) is 5.51. The van der Waals surface area contributed by atoms with Crippen LogP contribution in [0.3, 0.4) is 0 Å². The minimum Gasteiger partial charge on any atom is -0.496 e. The van der Waals surface area contributed by atoms with E-state index in [1.165, 1.54) is 13.2 Å². The first-order valence-corrected chi connectivity index (χ1v) is 10.1. The average molecular weight is 472 g/mol. The molecule has 28 heavy (non-hydrogen) atoms. The molecule has 10 heteroatoms. The lowest BCUT2D eigenvalue weighted by atomic mass is 10.1. The lowest BCUT2D eigenvalue weighted by Gasteiger charge is -2.12. The van der Waals surface area contributed by atoms with Crippen LogP contribution >= 0.6 is 15.9 Å². The van der Waals surface area contributed by atoms with Crippen molar-refractivity contribution in [2.75, 3.05) is 21.3 Å². The van der Waals surface area contributed by atoms with Crippen LogP contribution in [0.2, 0.25) is 0 Å². The second-order valence-corrected chi connectivity index (χ2v) is 8.19. The number of hydrogen-bond acceptors (Lipinski definition) is 7. The molecule has 2 aromatic rings. The van der Waals surface area contributed by atoms with Crippen molar-refractivity contribution in [2.24, 2.45) is 0 Å². The average Bonchev–Trinajstić information content (AvgIpc) is 2.70. The molecule has 0 aromatic heterocycles. The van der Waals surface area contributed by atoms with Crippen molar-refractivity contribution in [3.8, 4) is 5.75 Å². The Morgan fingerprint density at radius 3 is 2.04 bits per heavy atom. The lowest BCUT2D eigenvalue weighted by Crippen LogP contribution is -2.24. The fourth-order valence-corrected chi connectivity index (χ4v) is 3.85. The number of halogens is 1. The molecule has 0 atom stereocenters. The lowest BCUT2D eigenvalue weighted by molar-refractivity contribution is 0.0598. The van der Waals surface area contributed by atoms with Crippen LogP contribution in [0, 0.1) is 0 Å². The fraction of sp³-hybridized carbons (Fsp3) is 0.222. The minimum atomic E-state index is -4.06. The van der Waals surface area contributed by atoms with Gasteiger partial charge in [0.25, 0.3) is 0 Å². The Bertz CT molecular complexity index is 971. The summed E-state index contributed by atoms with van der Waals surface area (Å²) in [6.45, 7) is -0.0685. The normalized spacial score (nSPS) is 11.0. The molecule has 150 valence electrons. The first-order valence-electron chi connectivity index (χ1n) is 7.85. The van der Waals surface area contributed by atoms with E-state index in [4.69, 9.17) is 4.74 Å². The Balaban J connectivity index is 2.40. The maximum atomic E-state index is 12.7. The van der Waals surface area contributed by atoms with Crippen molar-refractivity contribution in [1.29, 1.82) is 0 Å².